The van der Waals surface area contributed by atoms with Crippen LogP contribution in [-0.2, 0) is 18.0 Å². The van der Waals surface area contributed by atoms with Gasteiger partial charge < -0.3 is 19.7 Å². The first-order valence-electron chi connectivity index (χ1n) is 7.56. The number of rotatable bonds is 3. The smallest absolute Gasteiger partial charge is 0.276 e. The number of hydrogen-bond donors (Lipinski definition) is 3. The monoisotopic (exact) mass is 378 g/mol. The predicted octanol–water partition coefficient (Wildman–Crippen LogP) is 0.654. The van der Waals surface area contributed by atoms with Crippen molar-refractivity contribution < 1.29 is 23.2 Å². The fraction of sp³-hybridized carbons (Fsp3) is 0.250. The molecule has 0 saturated heterocycles. The number of aliphatic hydroxyl groups excluding tert-OH is 1. The molecule has 3 N–H and O–H groups in total. The molecule has 2 aromatic rings. The maximum Gasteiger partial charge on any atom is 0.276 e. The van der Waals surface area contributed by atoms with Crippen molar-refractivity contribution >= 4 is 22.6 Å². The summed E-state index contributed by atoms with van der Waals surface area (Å²) in [6.07, 6.45) is 1.50. The van der Waals surface area contributed by atoms with Crippen molar-refractivity contribution in [2.75, 3.05) is 18.5 Å². The third-order valence-corrected chi connectivity index (χ3v) is 5.02. The first-order valence-corrected chi connectivity index (χ1v) is 8.71. The zero-order valence-corrected chi connectivity index (χ0v) is 14.5. The second-order valence-corrected chi connectivity index (χ2v) is 6.83. The summed E-state index contributed by atoms with van der Waals surface area (Å²) in [5.74, 6) is -1.10. The van der Waals surface area contributed by atoms with Crippen molar-refractivity contribution in [1.29, 1.82) is 5.26 Å². The van der Waals surface area contributed by atoms with Crippen LogP contribution in [-0.4, -0.2) is 39.0 Å². The maximum atomic E-state index is 13.4. The number of nitrogens with one attached hydrogen (secondary N) is 2. The number of aryl methyl sites for hydroxylation is 1. The van der Waals surface area contributed by atoms with E-state index in [1.807, 2.05) is 0 Å². The predicted molar refractivity (Wildman–Crippen MR) is 90.4 cm³/mol. The lowest BCUT2D eigenvalue weighted by Gasteiger charge is -2.12. The molecule has 0 spiro atoms. The van der Waals surface area contributed by atoms with Crippen molar-refractivity contribution in [3.05, 3.63) is 41.5 Å². The van der Waals surface area contributed by atoms with Crippen LogP contribution in [0.1, 0.15) is 16.1 Å². The summed E-state index contributed by atoms with van der Waals surface area (Å²) in [6.45, 7) is -0.231. The van der Waals surface area contributed by atoms with Gasteiger partial charge in [0.1, 0.15) is 34.4 Å². The van der Waals surface area contributed by atoms with E-state index in [4.69, 9.17) is 10.00 Å². The molecule has 1 aliphatic rings. The first kappa shape index (κ1) is 18.1. The van der Waals surface area contributed by atoms with E-state index in [0.29, 0.717) is 0 Å². The van der Waals surface area contributed by atoms with Crippen molar-refractivity contribution in [2.45, 2.75) is 10.9 Å². The number of hydrogen-bond acceptors (Lipinski definition) is 5. The van der Waals surface area contributed by atoms with Gasteiger partial charge in [-0.3, -0.25) is 4.79 Å². The molecule has 0 radical (unpaired) electrons. The molecule has 1 aromatic heterocycles. The standard InChI is InChI=1S/C16H15FN4O4S/c1-21-6-13-15(25-8-11(7-22)20-26(13)24)14(21)16(23)19-10-2-3-12(17)9(4-10)5-18/h2-4,6,11,20,22H,7-8H2,1H3,(H,19,23). The summed E-state index contributed by atoms with van der Waals surface area (Å²) in [7, 11) is -0.0554. The van der Waals surface area contributed by atoms with Crippen LogP contribution in [0.25, 0.3) is 0 Å². The lowest BCUT2D eigenvalue weighted by atomic mass is 10.2. The summed E-state index contributed by atoms with van der Waals surface area (Å²) in [6, 6.07) is 4.81. The SMILES string of the molecule is Cn1cc2c(c1C(=O)Nc1ccc(F)c(C#N)c1)OCC(CO)NS2=O. The Kier molecular flexibility index (Phi) is 5.03. The van der Waals surface area contributed by atoms with Crippen LogP contribution in [0.4, 0.5) is 10.1 Å². The molecule has 10 heteroatoms. The number of ether oxygens (including phenoxy) is 1. The molecular formula is C16H15FN4O4S. The van der Waals surface area contributed by atoms with Crippen LogP contribution in [0.2, 0.25) is 0 Å². The lowest BCUT2D eigenvalue weighted by Crippen LogP contribution is -2.36. The Bertz CT molecular complexity index is 937. The minimum atomic E-state index is -1.65. The Balaban J connectivity index is 1.92. The highest BCUT2D eigenvalue weighted by atomic mass is 32.2. The molecule has 0 aliphatic carbocycles. The van der Waals surface area contributed by atoms with Gasteiger partial charge in [-0.05, 0) is 18.2 Å². The summed E-state index contributed by atoms with van der Waals surface area (Å²) in [5.41, 5.74) is 0.168. The Labute approximate surface area is 150 Å². The number of anilines is 1. The Morgan fingerprint density at radius 2 is 2.38 bits per heavy atom. The van der Waals surface area contributed by atoms with Gasteiger partial charge >= 0.3 is 0 Å². The summed E-state index contributed by atoms with van der Waals surface area (Å²) < 4.78 is 35.5. The van der Waals surface area contributed by atoms with E-state index in [-0.39, 0.29) is 40.8 Å². The molecule has 26 heavy (non-hydrogen) atoms. The number of fused-ring (bicyclic) bond motifs is 1. The van der Waals surface area contributed by atoms with Crippen molar-refractivity contribution in [1.82, 2.24) is 9.29 Å². The number of halogens is 1. The number of aliphatic hydroxyl groups is 1. The van der Waals surface area contributed by atoms with Crippen LogP contribution in [0, 0.1) is 17.1 Å². The Hall–Kier alpha value is -2.74. The number of carbonyl (C=O) groups is 1. The van der Waals surface area contributed by atoms with Gasteiger partial charge in [-0.2, -0.15) is 5.26 Å². The second-order valence-electron chi connectivity index (χ2n) is 5.62. The number of nitrogens with zero attached hydrogens (tertiary/aromatic N) is 2. The quantitative estimate of drug-likeness (QED) is 0.725. The molecule has 1 amide bonds. The largest absolute Gasteiger partial charge is 0.488 e. The van der Waals surface area contributed by atoms with Crippen molar-refractivity contribution in [2.24, 2.45) is 7.05 Å². The highest BCUT2D eigenvalue weighted by molar-refractivity contribution is 7.83. The molecule has 1 aromatic carbocycles. The molecule has 0 bridgehead atoms. The third kappa shape index (κ3) is 3.32. The van der Waals surface area contributed by atoms with E-state index in [0.717, 1.165) is 6.07 Å². The van der Waals surface area contributed by atoms with E-state index in [1.165, 1.54) is 22.9 Å². The van der Waals surface area contributed by atoms with Gasteiger partial charge in [0.25, 0.3) is 5.91 Å². The fourth-order valence-corrected chi connectivity index (χ4v) is 3.66. The molecule has 2 heterocycles. The summed E-state index contributed by atoms with van der Waals surface area (Å²) >= 11 is 0. The van der Waals surface area contributed by atoms with Gasteiger partial charge in [-0.15, -0.1) is 0 Å². The highest BCUT2D eigenvalue weighted by Gasteiger charge is 2.30. The summed E-state index contributed by atoms with van der Waals surface area (Å²) in [4.78, 5) is 12.9. The van der Waals surface area contributed by atoms with E-state index < -0.39 is 28.8 Å². The average Bonchev–Trinajstić information content (AvgIpc) is 2.88. The molecule has 0 saturated carbocycles. The zero-order chi connectivity index (χ0) is 18.8. The van der Waals surface area contributed by atoms with Crippen LogP contribution in [0.3, 0.4) is 0 Å². The van der Waals surface area contributed by atoms with Crippen LogP contribution >= 0.6 is 0 Å². The molecule has 8 nitrogen and oxygen atoms in total. The molecule has 0 fully saturated rings. The third-order valence-electron chi connectivity index (χ3n) is 3.78. The molecule has 2 unspecified atom stereocenters. The van der Waals surface area contributed by atoms with Crippen LogP contribution in [0.15, 0.2) is 29.3 Å². The summed E-state index contributed by atoms with van der Waals surface area (Å²) in [5, 5.41) is 20.7. The molecule has 136 valence electrons. The Morgan fingerprint density at radius 1 is 1.62 bits per heavy atom. The van der Waals surface area contributed by atoms with Gasteiger partial charge in [0.2, 0.25) is 0 Å². The lowest BCUT2D eigenvalue weighted by molar-refractivity contribution is 0.101. The number of aromatic nitrogens is 1. The molecule has 3 rings (SSSR count). The van der Waals surface area contributed by atoms with E-state index in [9.17, 15) is 18.5 Å². The van der Waals surface area contributed by atoms with E-state index >= 15 is 0 Å². The van der Waals surface area contributed by atoms with E-state index in [2.05, 4.69) is 10.0 Å². The fourth-order valence-electron chi connectivity index (χ4n) is 2.51. The number of amides is 1. The van der Waals surface area contributed by atoms with Crippen molar-refractivity contribution in [3.8, 4) is 11.8 Å². The minimum absolute atomic E-state index is 0.0364. The molecular weight excluding hydrogens is 363 g/mol. The van der Waals surface area contributed by atoms with Gasteiger partial charge in [-0.1, -0.05) is 0 Å². The normalized spacial score (nSPS) is 19.0. The van der Waals surface area contributed by atoms with Gasteiger partial charge in [0.05, 0.1) is 18.2 Å². The zero-order valence-electron chi connectivity index (χ0n) is 13.7. The van der Waals surface area contributed by atoms with Crippen molar-refractivity contribution in [3.63, 3.8) is 0 Å². The van der Waals surface area contributed by atoms with Gasteiger partial charge in [0, 0.05) is 18.9 Å². The molecule has 1 aliphatic heterocycles. The average molecular weight is 378 g/mol. The van der Waals surface area contributed by atoms with Crippen LogP contribution < -0.4 is 14.8 Å². The number of benzene rings is 1. The highest BCUT2D eigenvalue weighted by Crippen LogP contribution is 2.31. The van der Waals surface area contributed by atoms with Crippen LogP contribution in [0.5, 0.6) is 5.75 Å². The topological polar surface area (TPSA) is 116 Å². The van der Waals surface area contributed by atoms with Gasteiger partial charge in [-0.25, -0.2) is 13.3 Å². The minimum Gasteiger partial charge on any atom is -0.488 e. The first-order chi connectivity index (χ1) is 12.4. The maximum absolute atomic E-state index is 13.4. The number of nitriles is 1. The van der Waals surface area contributed by atoms with Gasteiger partial charge in [0.15, 0.2) is 11.4 Å². The molecule has 2 atom stereocenters. The number of carbonyl (C=O) groups excluding carboxylic acids is 1. The Morgan fingerprint density at radius 3 is 3.08 bits per heavy atom. The van der Waals surface area contributed by atoms with E-state index in [1.54, 1.807) is 13.1 Å². The second kappa shape index (κ2) is 7.25.